The van der Waals surface area contributed by atoms with Crippen molar-refractivity contribution in [1.29, 1.82) is 0 Å². The molecule has 0 saturated carbocycles. The highest BCUT2D eigenvalue weighted by atomic mass is 35.5. The molecule has 1 aromatic heterocycles. The highest BCUT2D eigenvalue weighted by Gasteiger charge is 2.28. The number of hydrazone groups is 1. The number of amides is 1. The molecule has 4 aromatic rings. The molecular formula is C27H25Cl2N5O4S. The standard InChI is InChI=1S/C27H25Cl2N5O4S/c1-18-9-12-22(13-10-18)39(36,37)33(21-11-14-25(38-3)24(28)15-21)17-26(35)31-30-16-23-19(2)34(32-27(23)29)20-7-5-4-6-8-20/h4-16H,17H2,1-3H3,(H,31,35)/b30-16-. The van der Waals surface area contributed by atoms with Gasteiger partial charge in [0.1, 0.15) is 12.3 Å². The summed E-state index contributed by atoms with van der Waals surface area (Å²) in [6.07, 6.45) is 1.37. The first-order valence-corrected chi connectivity index (χ1v) is 13.9. The van der Waals surface area contributed by atoms with Crippen molar-refractivity contribution in [2.75, 3.05) is 18.0 Å². The molecule has 0 atom stereocenters. The van der Waals surface area contributed by atoms with E-state index < -0.39 is 22.5 Å². The van der Waals surface area contributed by atoms with E-state index in [1.54, 1.807) is 16.8 Å². The molecule has 9 nitrogen and oxygen atoms in total. The van der Waals surface area contributed by atoms with Gasteiger partial charge in [-0.15, -0.1) is 0 Å². The van der Waals surface area contributed by atoms with Gasteiger partial charge in [0.2, 0.25) is 0 Å². The molecule has 1 heterocycles. The van der Waals surface area contributed by atoms with E-state index in [1.165, 1.54) is 43.7 Å². The number of nitrogens with one attached hydrogen (secondary N) is 1. The Bertz CT molecular complexity index is 1620. The number of carbonyl (C=O) groups is 1. The number of hydrogen-bond donors (Lipinski definition) is 1. The van der Waals surface area contributed by atoms with Gasteiger partial charge >= 0.3 is 0 Å². The number of rotatable bonds is 9. The van der Waals surface area contributed by atoms with Crippen molar-refractivity contribution < 1.29 is 17.9 Å². The fourth-order valence-electron chi connectivity index (χ4n) is 3.74. The molecule has 0 saturated heterocycles. The van der Waals surface area contributed by atoms with Crippen LogP contribution in [-0.2, 0) is 14.8 Å². The zero-order chi connectivity index (χ0) is 28.2. The quantitative estimate of drug-likeness (QED) is 0.216. The molecule has 0 fully saturated rings. The number of anilines is 1. The number of sulfonamides is 1. The highest BCUT2D eigenvalue weighted by Crippen LogP contribution is 2.32. The van der Waals surface area contributed by atoms with Crippen LogP contribution in [-0.4, -0.2) is 44.0 Å². The number of aromatic nitrogens is 2. The van der Waals surface area contributed by atoms with Gasteiger partial charge in [-0.1, -0.05) is 59.1 Å². The molecule has 0 bridgehead atoms. The molecule has 0 spiro atoms. The van der Waals surface area contributed by atoms with Gasteiger partial charge in [0.05, 0.1) is 45.9 Å². The van der Waals surface area contributed by atoms with E-state index in [-0.39, 0.29) is 20.8 Å². The first-order valence-electron chi connectivity index (χ1n) is 11.7. The molecule has 1 N–H and O–H groups in total. The van der Waals surface area contributed by atoms with Crippen molar-refractivity contribution in [3.63, 3.8) is 0 Å². The number of carbonyl (C=O) groups excluding carboxylic acids is 1. The van der Waals surface area contributed by atoms with Gasteiger partial charge in [-0.3, -0.25) is 9.10 Å². The van der Waals surface area contributed by atoms with Crippen LogP contribution in [0.25, 0.3) is 5.69 Å². The van der Waals surface area contributed by atoms with Crippen LogP contribution < -0.4 is 14.5 Å². The van der Waals surface area contributed by atoms with Crippen molar-refractivity contribution in [3.05, 3.63) is 99.8 Å². The second kappa shape index (κ2) is 11.9. The molecule has 12 heteroatoms. The maximum absolute atomic E-state index is 13.6. The predicted octanol–water partition coefficient (Wildman–Crippen LogP) is 5.15. The van der Waals surface area contributed by atoms with Gasteiger partial charge in [0.15, 0.2) is 5.15 Å². The van der Waals surface area contributed by atoms with Gasteiger partial charge < -0.3 is 4.74 Å². The molecular weight excluding hydrogens is 561 g/mol. The SMILES string of the molecule is COc1ccc(N(CC(=O)N/N=C\c2c(Cl)nn(-c3ccccc3)c2C)S(=O)(=O)c2ccc(C)cc2)cc1Cl. The van der Waals surface area contributed by atoms with E-state index in [1.807, 2.05) is 44.2 Å². The number of methoxy groups -OCH3 is 1. The Balaban J connectivity index is 1.58. The minimum absolute atomic E-state index is 0.0204. The second-order valence-electron chi connectivity index (χ2n) is 8.47. The average molecular weight is 587 g/mol. The van der Waals surface area contributed by atoms with E-state index in [0.717, 1.165) is 15.6 Å². The summed E-state index contributed by atoms with van der Waals surface area (Å²) in [5, 5.41) is 8.72. The van der Waals surface area contributed by atoms with Crippen LogP contribution in [0.5, 0.6) is 5.75 Å². The zero-order valence-corrected chi connectivity index (χ0v) is 23.6. The van der Waals surface area contributed by atoms with Crippen molar-refractivity contribution in [1.82, 2.24) is 15.2 Å². The van der Waals surface area contributed by atoms with Crippen molar-refractivity contribution in [2.45, 2.75) is 18.7 Å². The summed E-state index contributed by atoms with van der Waals surface area (Å²) in [6, 6.07) is 20.2. The molecule has 0 aliphatic rings. The number of hydrogen-bond acceptors (Lipinski definition) is 6. The summed E-state index contributed by atoms with van der Waals surface area (Å²) < 4.78 is 34.9. The van der Waals surface area contributed by atoms with E-state index in [0.29, 0.717) is 17.0 Å². The van der Waals surface area contributed by atoms with E-state index in [2.05, 4.69) is 15.6 Å². The number of halogens is 2. The molecule has 3 aromatic carbocycles. The predicted molar refractivity (Wildman–Crippen MR) is 153 cm³/mol. The van der Waals surface area contributed by atoms with E-state index in [4.69, 9.17) is 27.9 Å². The summed E-state index contributed by atoms with van der Waals surface area (Å²) in [5.41, 5.74) is 5.48. The lowest BCUT2D eigenvalue weighted by Gasteiger charge is -2.24. The topological polar surface area (TPSA) is 106 Å². The van der Waals surface area contributed by atoms with Crippen LogP contribution in [0.15, 0.2) is 82.8 Å². The second-order valence-corrected chi connectivity index (χ2v) is 11.1. The fraction of sp³-hybridized carbons (Fsp3) is 0.148. The van der Waals surface area contributed by atoms with Gasteiger partial charge in [-0.25, -0.2) is 18.5 Å². The Hall–Kier alpha value is -3.86. The average Bonchev–Trinajstić information content (AvgIpc) is 3.21. The van der Waals surface area contributed by atoms with Crippen LogP contribution in [0.1, 0.15) is 16.8 Å². The highest BCUT2D eigenvalue weighted by molar-refractivity contribution is 7.92. The zero-order valence-electron chi connectivity index (χ0n) is 21.3. The fourth-order valence-corrected chi connectivity index (χ4v) is 5.67. The van der Waals surface area contributed by atoms with Crippen molar-refractivity contribution in [2.24, 2.45) is 5.10 Å². The van der Waals surface area contributed by atoms with Crippen LogP contribution in [0.4, 0.5) is 5.69 Å². The molecule has 1 amide bonds. The molecule has 4 rings (SSSR count). The van der Waals surface area contributed by atoms with Crippen LogP contribution >= 0.6 is 23.2 Å². The molecule has 0 aliphatic heterocycles. The minimum atomic E-state index is -4.13. The summed E-state index contributed by atoms with van der Waals surface area (Å²) in [6.45, 7) is 3.10. The molecule has 202 valence electrons. The van der Waals surface area contributed by atoms with Crippen molar-refractivity contribution >= 4 is 51.0 Å². The normalized spacial score (nSPS) is 11.5. The van der Waals surface area contributed by atoms with E-state index >= 15 is 0 Å². The third-order valence-corrected chi connectivity index (χ3v) is 8.18. The van der Waals surface area contributed by atoms with Gasteiger partial charge in [-0.05, 0) is 56.3 Å². The third kappa shape index (κ3) is 6.25. The maximum atomic E-state index is 13.6. The largest absolute Gasteiger partial charge is 0.495 e. The molecule has 0 unspecified atom stereocenters. The van der Waals surface area contributed by atoms with Gasteiger partial charge in [0.25, 0.3) is 15.9 Å². The van der Waals surface area contributed by atoms with E-state index in [9.17, 15) is 13.2 Å². The maximum Gasteiger partial charge on any atom is 0.264 e. The number of nitrogens with zero attached hydrogens (tertiary/aromatic N) is 4. The lowest BCUT2D eigenvalue weighted by atomic mass is 10.2. The van der Waals surface area contributed by atoms with Crippen LogP contribution in [0.3, 0.4) is 0 Å². The van der Waals surface area contributed by atoms with Crippen molar-refractivity contribution in [3.8, 4) is 11.4 Å². The smallest absolute Gasteiger partial charge is 0.264 e. The number of ether oxygens (including phenoxy) is 1. The Morgan fingerprint density at radius 3 is 2.41 bits per heavy atom. The molecule has 0 radical (unpaired) electrons. The summed E-state index contributed by atoms with van der Waals surface area (Å²) >= 11 is 12.6. The third-order valence-electron chi connectivity index (χ3n) is 5.82. The first kappa shape index (κ1) is 28.2. The molecule has 0 aliphatic carbocycles. The van der Waals surface area contributed by atoms with Gasteiger partial charge in [0, 0.05) is 0 Å². The summed E-state index contributed by atoms with van der Waals surface area (Å²) in [5.74, 6) is -0.316. The Morgan fingerprint density at radius 2 is 1.77 bits per heavy atom. The minimum Gasteiger partial charge on any atom is -0.495 e. The lowest BCUT2D eigenvalue weighted by molar-refractivity contribution is -0.119. The first-order chi connectivity index (χ1) is 18.6. The van der Waals surface area contributed by atoms with Gasteiger partial charge in [-0.2, -0.15) is 10.2 Å². The lowest BCUT2D eigenvalue weighted by Crippen LogP contribution is -2.39. The van der Waals surface area contributed by atoms with Crippen LogP contribution in [0, 0.1) is 13.8 Å². The monoisotopic (exact) mass is 585 g/mol. The Kier molecular flexibility index (Phi) is 8.59. The Morgan fingerprint density at radius 1 is 1.08 bits per heavy atom. The Labute approximate surface area is 236 Å². The number of aryl methyl sites for hydroxylation is 1. The summed E-state index contributed by atoms with van der Waals surface area (Å²) in [7, 11) is -2.68. The number of para-hydroxylation sites is 1. The number of benzene rings is 3. The summed E-state index contributed by atoms with van der Waals surface area (Å²) in [4.78, 5) is 12.9. The molecule has 39 heavy (non-hydrogen) atoms. The van der Waals surface area contributed by atoms with Crippen LogP contribution in [0.2, 0.25) is 10.2 Å².